The summed E-state index contributed by atoms with van der Waals surface area (Å²) in [6.07, 6.45) is 2.46. The van der Waals surface area contributed by atoms with Crippen molar-refractivity contribution in [3.63, 3.8) is 0 Å². The molecule has 0 aromatic rings. The number of hydrogen-bond acceptors (Lipinski definition) is 5. The van der Waals surface area contributed by atoms with Gasteiger partial charge in [0.1, 0.15) is 0 Å². The summed E-state index contributed by atoms with van der Waals surface area (Å²) in [6, 6.07) is 0. The van der Waals surface area contributed by atoms with Crippen molar-refractivity contribution in [2.24, 2.45) is 0 Å². The van der Waals surface area contributed by atoms with Crippen molar-refractivity contribution < 1.29 is 19.0 Å². The molecule has 2 saturated heterocycles. The molecule has 18 heavy (non-hydrogen) atoms. The van der Waals surface area contributed by atoms with E-state index < -0.39 is 6.10 Å². The number of piperidine rings is 1. The maximum absolute atomic E-state index is 11.5. The second-order valence-corrected chi connectivity index (χ2v) is 5.10. The quantitative estimate of drug-likeness (QED) is 0.757. The molecule has 2 aliphatic rings. The Balaban J connectivity index is 1.80. The summed E-state index contributed by atoms with van der Waals surface area (Å²) in [7, 11) is 0. The van der Waals surface area contributed by atoms with E-state index in [-0.39, 0.29) is 17.7 Å². The molecule has 5 nitrogen and oxygen atoms in total. The lowest BCUT2D eigenvalue weighted by Gasteiger charge is -2.32. The molecule has 0 bridgehead atoms. The van der Waals surface area contributed by atoms with Crippen molar-refractivity contribution >= 4 is 5.97 Å². The maximum Gasteiger partial charge on any atom is 0.334 e. The Morgan fingerprint density at radius 3 is 2.89 bits per heavy atom. The van der Waals surface area contributed by atoms with E-state index in [4.69, 9.17) is 14.2 Å². The predicted octanol–water partition coefficient (Wildman–Crippen LogP) is 0.866. The topological polar surface area (TPSA) is 56.8 Å². The summed E-state index contributed by atoms with van der Waals surface area (Å²) in [4.78, 5) is 11.5. The lowest BCUT2D eigenvalue weighted by molar-refractivity contribution is -0.159. The Hall–Kier alpha value is -0.650. The highest BCUT2D eigenvalue weighted by atomic mass is 16.6. The third kappa shape index (κ3) is 3.22. The fraction of sp³-hybridized carbons (Fsp3) is 0.923. The van der Waals surface area contributed by atoms with E-state index in [1.165, 1.54) is 0 Å². The smallest absolute Gasteiger partial charge is 0.334 e. The first-order valence-corrected chi connectivity index (χ1v) is 6.82. The summed E-state index contributed by atoms with van der Waals surface area (Å²) < 4.78 is 16.6. The molecule has 0 aliphatic carbocycles. The van der Waals surface area contributed by atoms with Gasteiger partial charge in [-0.25, -0.2) is 4.79 Å². The lowest BCUT2D eigenvalue weighted by atomic mass is 9.89. The van der Waals surface area contributed by atoms with E-state index in [2.05, 4.69) is 5.32 Å². The molecular formula is C13H23NO4. The molecule has 2 heterocycles. The fourth-order valence-electron chi connectivity index (χ4n) is 2.72. The molecule has 2 rings (SSSR count). The average Bonchev–Trinajstić information content (AvgIpc) is 2.73. The van der Waals surface area contributed by atoms with Crippen molar-refractivity contribution in [3.8, 4) is 0 Å². The van der Waals surface area contributed by atoms with E-state index in [1.54, 1.807) is 13.8 Å². The minimum absolute atomic E-state index is 0.0162. The van der Waals surface area contributed by atoms with Gasteiger partial charge in [0.05, 0.1) is 24.9 Å². The number of carbonyl (C=O) groups excluding carboxylic acids is 1. The molecule has 2 unspecified atom stereocenters. The molecule has 1 N–H and O–H groups in total. The van der Waals surface area contributed by atoms with Crippen molar-refractivity contribution in [3.05, 3.63) is 0 Å². The van der Waals surface area contributed by atoms with Crippen LogP contribution in [-0.4, -0.2) is 50.1 Å². The number of carbonyl (C=O) groups is 1. The molecule has 2 atom stereocenters. The largest absolute Gasteiger partial charge is 0.464 e. The van der Waals surface area contributed by atoms with Gasteiger partial charge >= 0.3 is 5.97 Å². The van der Waals surface area contributed by atoms with Crippen LogP contribution in [0.1, 0.15) is 33.1 Å². The number of rotatable bonds is 4. The number of ether oxygens (including phenoxy) is 3. The Labute approximate surface area is 108 Å². The van der Waals surface area contributed by atoms with Gasteiger partial charge in [-0.05, 0) is 39.8 Å². The zero-order valence-electron chi connectivity index (χ0n) is 11.2. The van der Waals surface area contributed by atoms with Crippen LogP contribution in [-0.2, 0) is 19.0 Å². The zero-order valence-corrected chi connectivity index (χ0v) is 11.2. The molecule has 104 valence electrons. The molecule has 0 radical (unpaired) electrons. The highest BCUT2D eigenvalue weighted by Crippen LogP contribution is 2.35. The number of hydrogen-bond donors (Lipinski definition) is 1. The molecule has 2 aliphatic heterocycles. The van der Waals surface area contributed by atoms with Gasteiger partial charge in [0.25, 0.3) is 0 Å². The molecule has 1 spiro atoms. The van der Waals surface area contributed by atoms with Gasteiger partial charge in [-0.3, -0.25) is 0 Å². The summed E-state index contributed by atoms with van der Waals surface area (Å²) in [5.41, 5.74) is -0.0235. The normalized spacial score (nSPS) is 28.2. The summed E-state index contributed by atoms with van der Waals surface area (Å²) in [6.45, 7) is 6.52. The highest BCUT2D eigenvalue weighted by Gasteiger charge is 2.42. The van der Waals surface area contributed by atoms with Crippen LogP contribution in [0.15, 0.2) is 0 Å². The van der Waals surface area contributed by atoms with Gasteiger partial charge in [0, 0.05) is 6.42 Å². The summed E-state index contributed by atoms with van der Waals surface area (Å²) in [5, 5.41) is 3.33. The van der Waals surface area contributed by atoms with Crippen LogP contribution in [0.5, 0.6) is 0 Å². The molecule has 0 aromatic heterocycles. The van der Waals surface area contributed by atoms with Gasteiger partial charge in [-0.15, -0.1) is 0 Å². The second-order valence-electron chi connectivity index (χ2n) is 5.10. The zero-order chi connectivity index (χ0) is 13.0. The first-order valence-electron chi connectivity index (χ1n) is 6.82. The monoisotopic (exact) mass is 257 g/mol. The van der Waals surface area contributed by atoms with Crippen LogP contribution < -0.4 is 5.32 Å². The standard InChI is InChI=1S/C13H23NO4/c1-3-16-12(15)10(2)18-11-8-13(17-9-11)4-6-14-7-5-13/h10-11,14H,3-9H2,1-2H3. The molecule has 0 amide bonds. The van der Waals surface area contributed by atoms with E-state index in [1.807, 2.05) is 0 Å². The molecular weight excluding hydrogens is 234 g/mol. The summed E-state index contributed by atoms with van der Waals surface area (Å²) in [5.74, 6) is -0.288. The molecule has 0 saturated carbocycles. The highest BCUT2D eigenvalue weighted by molar-refractivity contribution is 5.74. The SMILES string of the molecule is CCOC(=O)C(C)OC1COC2(CCNCC2)C1. The molecule has 5 heteroatoms. The predicted molar refractivity (Wildman–Crippen MR) is 66.4 cm³/mol. The Morgan fingerprint density at radius 1 is 1.50 bits per heavy atom. The van der Waals surface area contributed by atoms with Crippen molar-refractivity contribution in [2.45, 2.75) is 50.9 Å². The maximum atomic E-state index is 11.5. The second kappa shape index (κ2) is 5.99. The lowest BCUT2D eigenvalue weighted by Crippen LogP contribution is -2.41. The van der Waals surface area contributed by atoms with Gasteiger partial charge in [-0.2, -0.15) is 0 Å². The van der Waals surface area contributed by atoms with Gasteiger partial charge in [0.15, 0.2) is 6.10 Å². The fourth-order valence-corrected chi connectivity index (χ4v) is 2.72. The van der Waals surface area contributed by atoms with Gasteiger partial charge in [-0.1, -0.05) is 0 Å². The van der Waals surface area contributed by atoms with Crippen LogP contribution in [0.25, 0.3) is 0 Å². The van der Waals surface area contributed by atoms with Crippen LogP contribution in [0.4, 0.5) is 0 Å². The molecule has 2 fully saturated rings. The van der Waals surface area contributed by atoms with Crippen LogP contribution in [0.3, 0.4) is 0 Å². The Kier molecular flexibility index (Phi) is 4.59. The van der Waals surface area contributed by atoms with E-state index in [9.17, 15) is 4.79 Å². The van der Waals surface area contributed by atoms with Crippen molar-refractivity contribution in [1.29, 1.82) is 0 Å². The van der Waals surface area contributed by atoms with E-state index in [0.29, 0.717) is 13.2 Å². The van der Waals surface area contributed by atoms with Crippen LogP contribution >= 0.6 is 0 Å². The third-order valence-corrected chi connectivity index (χ3v) is 3.70. The first-order chi connectivity index (χ1) is 8.65. The molecule has 0 aromatic carbocycles. The van der Waals surface area contributed by atoms with Crippen LogP contribution in [0, 0.1) is 0 Å². The van der Waals surface area contributed by atoms with Crippen molar-refractivity contribution in [2.75, 3.05) is 26.3 Å². The summed E-state index contributed by atoms with van der Waals surface area (Å²) >= 11 is 0. The first kappa shape index (κ1) is 13.8. The van der Waals surface area contributed by atoms with Crippen LogP contribution in [0.2, 0.25) is 0 Å². The third-order valence-electron chi connectivity index (χ3n) is 3.70. The average molecular weight is 257 g/mol. The minimum atomic E-state index is -0.504. The minimum Gasteiger partial charge on any atom is -0.464 e. The van der Waals surface area contributed by atoms with E-state index in [0.717, 1.165) is 32.4 Å². The van der Waals surface area contributed by atoms with E-state index >= 15 is 0 Å². The van der Waals surface area contributed by atoms with Crippen molar-refractivity contribution in [1.82, 2.24) is 5.32 Å². The Morgan fingerprint density at radius 2 is 2.22 bits per heavy atom. The van der Waals surface area contributed by atoms with Gasteiger partial charge in [0.2, 0.25) is 0 Å². The number of nitrogens with one attached hydrogen (secondary N) is 1. The number of esters is 1. The van der Waals surface area contributed by atoms with Gasteiger partial charge < -0.3 is 19.5 Å². The Bertz CT molecular complexity index is 289.